The van der Waals surface area contributed by atoms with E-state index in [-0.39, 0.29) is 22.7 Å². The summed E-state index contributed by atoms with van der Waals surface area (Å²) < 4.78 is 45.8. The average molecular weight is 450 g/mol. The second kappa shape index (κ2) is 8.42. The van der Waals surface area contributed by atoms with Crippen LogP contribution in [0.4, 0.5) is 30.4 Å². The van der Waals surface area contributed by atoms with Crippen LogP contribution in [0, 0.1) is 5.41 Å². The molecule has 2 aliphatic carbocycles. The fraction of sp³-hybridized carbons (Fsp3) is 0.565. The van der Waals surface area contributed by atoms with Gasteiger partial charge in [0.15, 0.2) is 0 Å². The number of pyridine rings is 2. The van der Waals surface area contributed by atoms with Gasteiger partial charge in [0.2, 0.25) is 0 Å². The average Bonchev–Trinajstić information content (AvgIpc) is 3.49. The number of anilines is 3. The third-order valence-electron chi connectivity index (χ3n) is 6.66. The molecule has 2 aromatic heterocycles. The number of aromatic nitrogens is 2. The Morgan fingerprint density at radius 3 is 2.47 bits per heavy atom. The molecule has 0 radical (unpaired) electrons. The van der Waals surface area contributed by atoms with Crippen LogP contribution in [0.1, 0.15) is 55.7 Å². The molecule has 4 rings (SSSR count). The maximum absolute atomic E-state index is 13.4. The van der Waals surface area contributed by atoms with Crippen LogP contribution < -0.4 is 16.4 Å². The van der Waals surface area contributed by atoms with Crippen molar-refractivity contribution >= 4 is 17.2 Å². The summed E-state index contributed by atoms with van der Waals surface area (Å²) >= 11 is 0. The molecule has 2 fully saturated rings. The lowest BCUT2D eigenvalue weighted by molar-refractivity contribution is -0.141. The van der Waals surface area contributed by atoms with Crippen molar-refractivity contribution < 1.29 is 17.9 Å². The summed E-state index contributed by atoms with van der Waals surface area (Å²) in [5, 5.41) is 0. The molecule has 0 bridgehead atoms. The van der Waals surface area contributed by atoms with Gasteiger partial charge in [-0.1, -0.05) is 12.8 Å². The highest BCUT2D eigenvalue weighted by atomic mass is 19.4. The second-order valence-corrected chi connectivity index (χ2v) is 9.26. The van der Waals surface area contributed by atoms with Gasteiger partial charge in [0.25, 0.3) is 0 Å². The maximum Gasteiger partial charge on any atom is 0.433 e. The Morgan fingerprint density at radius 2 is 1.88 bits per heavy atom. The molecule has 32 heavy (non-hydrogen) atoms. The van der Waals surface area contributed by atoms with Crippen LogP contribution in [0.15, 0.2) is 18.3 Å². The molecule has 0 unspecified atom stereocenters. The van der Waals surface area contributed by atoms with Crippen LogP contribution in [-0.2, 0) is 10.9 Å². The van der Waals surface area contributed by atoms with Crippen molar-refractivity contribution in [2.75, 3.05) is 43.7 Å². The van der Waals surface area contributed by atoms with Gasteiger partial charge in [0.05, 0.1) is 23.7 Å². The fourth-order valence-corrected chi connectivity index (χ4v) is 4.96. The zero-order valence-electron chi connectivity index (χ0n) is 18.5. The third-order valence-corrected chi connectivity index (χ3v) is 6.66. The summed E-state index contributed by atoms with van der Waals surface area (Å²) in [5.41, 5.74) is 13.9. The van der Waals surface area contributed by atoms with Crippen LogP contribution in [0.5, 0.6) is 0 Å². The highest BCUT2D eigenvalue weighted by molar-refractivity contribution is 5.82. The fourth-order valence-electron chi connectivity index (χ4n) is 4.96. The number of nitrogens with zero attached hydrogens (tertiary/aromatic N) is 3. The Labute approximate surface area is 186 Å². The van der Waals surface area contributed by atoms with E-state index in [0.29, 0.717) is 29.2 Å². The molecule has 0 aromatic carbocycles. The second-order valence-electron chi connectivity index (χ2n) is 9.26. The number of alkyl halides is 3. The van der Waals surface area contributed by atoms with Crippen LogP contribution in [0.2, 0.25) is 0 Å². The van der Waals surface area contributed by atoms with Gasteiger partial charge in [-0.25, -0.2) is 4.98 Å². The molecular weight excluding hydrogens is 419 g/mol. The largest absolute Gasteiger partial charge is 0.433 e. The molecule has 0 atom stereocenters. The lowest BCUT2D eigenvalue weighted by Gasteiger charge is -2.34. The van der Waals surface area contributed by atoms with Gasteiger partial charge in [-0.15, -0.1) is 0 Å². The van der Waals surface area contributed by atoms with Crippen LogP contribution in [0.3, 0.4) is 0 Å². The molecule has 174 valence electrons. The van der Waals surface area contributed by atoms with E-state index in [1.807, 2.05) is 7.05 Å². The van der Waals surface area contributed by atoms with E-state index in [1.165, 1.54) is 6.20 Å². The van der Waals surface area contributed by atoms with E-state index in [4.69, 9.17) is 16.2 Å². The normalized spacial score (nSPS) is 18.2. The minimum atomic E-state index is -4.48. The number of hydrogen-bond acceptors (Lipinski definition) is 6. The summed E-state index contributed by atoms with van der Waals surface area (Å²) in [6.45, 7) is 1.41. The van der Waals surface area contributed by atoms with E-state index < -0.39 is 11.9 Å². The van der Waals surface area contributed by atoms with Gasteiger partial charge in [0, 0.05) is 37.9 Å². The summed E-state index contributed by atoms with van der Waals surface area (Å²) in [7, 11) is 3.66. The van der Waals surface area contributed by atoms with E-state index in [2.05, 4.69) is 14.9 Å². The molecule has 9 heteroatoms. The molecule has 2 aliphatic rings. The lowest BCUT2D eigenvalue weighted by atomic mass is 9.86. The first kappa shape index (κ1) is 22.6. The molecule has 4 N–H and O–H groups in total. The van der Waals surface area contributed by atoms with Crippen molar-refractivity contribution in [2.45, 2.75) is 50.6 Å². The molecule has 6 nitrogen and oxygen atoms in total. The van der Waals surface area contributed by atoms with Gasteiger partial charge < -0.3 is 21.1 Å². The zero-order valence-corrected chi connectivity index (χ0v) is 18.5. The predicted octanol–water partition coefficient (Wildman–Crippen LogP) is 4.85. The first-order valence-corrected chi connectivity index (χ1v) is 11.0. The summed E-state index contributed by atoms with van der Waals surface area (Å²) in [6.07, 6.45) is 2.70. The van der Waals surface area contributed by atoms with Crippen molar-refractivity contribution in [2.24, 2.45) is 5.41 Å². The van der Waals surface area contributed by atoms with Crippen molar-refractivity contribution in [3.8, 4) is 11.3 Å². The Kier molecular flexibility index (Phi) is 5.96. The zero-order chi connectivity index (χ0) is 23.1. The number of methoxy groups -OCH3 is 1. The van der Waals surface area contributed by atoms with Gasteiger partial charge in [-0.2, -0.15) is 13.2 Å². The lowest BCUT2D eigenvalue weighted by Crippen LogP contribution is -2.37. The molecule has 0 spiro atoms. The molecule has 2 saturated carbocycles. The first-order valence-electron chi connectivity index (χ1n) is 11.0. The van der Waals surface area contributed by atoms with E-state index in [9.17, 15) is 13.2 Å². The minimum absolute atomic E-state index is 0.0448. The molecule has 2 aromatic rings. The number of ether oxygens (including phenoxy) is 1. The van der Waals surface area contributed by atoms with Crippen molar-refractivity contribution in [1.29, 1.82) is 0 Å². The van der Waals surface area contributed by atoms with E-state index >= 15 is 0 Å². The molecule has 2 heterocycles. The van der Waals surface area contributed by atoms with Crippen molar-refractivity contribution in [3.63, 3.8) is 0 Å². The third kappa shape index (κ3) is 4.48. The quantitative estimate of drug-likeness (QED) is 0.628. The Hall–Kier alpha value is -2.55. The number of halogens is 3. The van der Waals surface area contributed by atoms with Crippen LogP contribution >= 0.6 is 0 Å². The smallest absolute Gasteiger partial charge is 0.394 e. The highest BCUT2D eigenvalue weighted by Gasteiger charge is 2.40. The van der Waals surface area contributed by atoms with Gasteiger partial charge >= 0.3 is 6.18 Å². The summed E-state index contributed by atoms with van der Waals surface area (Å²) in [4.78, 5) is 10.2. The number of nitrogen functional groups attached to an aromatic ring is 2. The van der Waals surface area contributed by atoms with Crippen LogP contribution in [-0.4, -0.2) is 37.3 Å². The number of nitrogens with two attached hydrogens (primary N) is 2. The van der Waals surface area contributed by atoms with Crippen molar-refractivity contribution in [1.82, 2.24) is 9.97 Å². The minimum Gasteiger partial charge on any atom is -0.394 e. The number of rotatable bonds is 7. The maximum atomic E-state index is 13.4. The Bertz CT molecular complexity index is 984. The van der Waals surface area contributed by atoms with Gasteiger partial charge in [-0.3, -0.25) is 4.98 Å². The van der Waals surface area contributed by atoms with E-state index in [0.717, 1.165) is 45.1 Å². The molecule has 0 saturated heterocycles. The van der Waals surface area contributed by atoms with Crippen LogP contribution in [0.25, 0.3) is 11.3 Å². The van der Waals surface area contributed by atoms with Gasteiger partial charge in [-0.05, 0) is 49.3 Å². The Morgan fingerprint density at radius 1 is 1.19 bits per heavy atom. The first-order chi connectivity index (χ1) is 15.1. The highest BCUT2D eigenvalue weighted by Crippen LogP contribution is 2.46. The Balaban J connectivity index is 1.69. The topological polar surface area (TPSA) is 90.3 Å². The monoisotopic (exact) mass is 449 g/mol. The predicted molar refractivity (Wildman–Crippen MR) is 119 cm³/mol. The molecule has 0 aliphatic heterocycles. The SMILES string of the molecule is COCC1(CN(C)c2cc(-c3cnc(C(F)(F)F)c(C4CC4)c3)nc(N)c2N)CCCC1. The van der Waals surface area contributed by atoms with Gasteiger partial charge in [0.1, 0.15) is 11.5 Å². The molecule has 0 amide bonds. The standard InChI is InChI=1S/C23H30F3N5O/c1-31(12-22(13-32-2)7-3-4-8-22)18-10-17(30-21(28)19(18)27)15-9-16(14-5-6-14)20(29-11-15)23(24,25)26/h9-11,14H,3-8,12-13,27H2,1-2H3,(H2,28,30). The van der Waals surface area contributed by atoms with Crippen molar-refractivity contribution in [3.05, 3.63) is 29.6 Å². The summed E-state index contributed by atoms with van der Waals surface area (Å²) in [6, 6.07) is 3.35. The van der Waals surface area contributed by atoms with E-state index in [1.54, 1.807) is 19.2 Å². The number of hydrogen-bond donors (Lipinski definition) is 2. The molecular formula is C23H30F3N5O. The summed E-state index contributed by atoms with van der Waals surface area (Å²) in [5.74, 6) is 0.0491.